The lowest BCUT2D eigenvalue weighted by molar-refractivity contribution is -0.116. The monoisotopic (exact) mass is 386 g/mol. The smallest absolute Gasteiger partial charge is 0.224 e. The maximum absolute atomic E-state index is 12.5. The standard InChI is InChI=1S/C21H26N2O3S/c24-21(10-9-17-11-13-22-14-12-17)23-19-6-4-5-18(15-19)16-27(25,26)20-7-2-1-3-8-20/h1-8,15,17,22H,9-14,16H2,(H,23,24). The second kappa shape index (κ2) is 9.15. The third kappa shape index (κ3) is 5.91. The molecule has 6 heteroatoms. The number of hydrogen-bond donors (Lipinski definition) is 2. The van der Waals surface area contributed by atoms with Gasteiger partial charge in [0.05, 0.1) is 10.6 Å². The first-order valence-electron chi connectivity index (χ1n) is 9.40. The maximum Gasteiger partial charge on any atom is 0.224 e. The van der Waals surface area contributed by atoms with Crippen molar-refractivity contribution in [2.45, 2.75) is 36.3 Å². The van der Waals surface area contributed by atoms with Crippen molar-refractivity contribution in [2.75, 3.05) is 18.4 Å². The van der Waals surface area contributed by atoms with Crippen molar-refractivity contribution in [1.29, 1.82) is 0 Å². The molecule has 2 N–H and O–H groups in total. The molecule has 0 radical (unpaired) electrons. The molecular weight excluding hydrogens is 360 g/mol. The van der Waals surface area contributed by atoms with E-state index in [0.717, 1.165) is 32.4 Å². The van der Waals surface area contributed by atoms with Gasteiger partial charge in [0.15, 0.2) is 9.84 Å². The highest BCUT2D eigenvalue weighted by Crippen LogP contribution is 2.20. The average Bonchev–Trinajstić information content (AvgIpc) is 2.68. The van der Waals surface area contributed by atoms with Crippen LogP contribution in [0, 0.1) is 5.92 Å². The van der Waals surface area contributed by atoms with E-state index in [9.17, 15) is 13.2 Å². The molecule has 1 fully saturated rings. The molecule has 27 heavy (non-hydrogen) atoms. The lowest BCUT2D eigenvalue weighted by atomic mass is 9.93. The minimum absolute atomic E-state index is 0.0170. The van der Waals surface area contributed by atoms with Crippen LogP contribution in [0.3, 0.4) is 0 Å². The molecule has 1 heterocycles. The third-order valence-electron chi connectivity index (χ3n) is 4.91. The van der Waals surface area contributed by atoms with E-state index in [1.165, 1.54) is 0 Å². The summed E-state index contributed by atoms with van der Waals surface area (Å²) in [5.74, 6) is 0.506. The third-order valence-corrected chi connectivity index (χ3v) is 6.61. The number of nitrogens with one attached hydrogen (secondary N) is 2. The average molecular weight is 387 g/mol. The van der Waals surface area contributed by atoms with Gasteiger partial charge in [-0.1, -0.05) is 30.3 Å². The van der Waals surface area contributed by atoms with E-state index in [2.05, 4.69) is 10.6 Å². The van der Waals surface area contributed by atoms with Gasteiger partial charge >= 0.3 is 0 Å². The summed E-state index contributed by atoms with van der Waals surface area (Å²) in [6, 6.07) is 15.5. The van der Waals surface area contributed by atoms with E-state index in [1.54, 1.807) is 54.6 Å². The molecule has 0 aromatic heterocycles. The van der Waals surface area contributed by atoms with Gasteiger partial charge in [0.25, 0.3) is 0 Å². The van der Waals surface area contributed by atoms with Gasteiger partial charge in [-0.3, -0.25) is 4.79 Å². The molecule has 1 saturated heterocycles. The molecule has 3 rings (SSSR count). The van der Waals surface area contributed by atoms with Gasteiger partial charge < -0.3 is 10.6 Å². The van der Waals surface area contributed by atoms with Crippen LogP contribution in [0.1, 0.15) is 31.2 Å². The van der Waals surface area contributed by atoms with Crippen molar-refractivity contribution < 1.29 is 13.2 Å². The number of sulfone groups is 1. The molecular formula is C21H26N2O3S. The zero-order chi connectivity index (χ0) is 19.1. The Bertz CT molecular complexity index is 860. The van der Waals surface area contributed by atoms with Gasteiger partial charge in [0.2, 0.25) is 5.91 Å². The van der Waals surface area contributed by atoms with Crippen molar-refractivity contribution in [3.63, 3.8) is 0 Å². The van der Waals surface area contributed by atoms with Crippen LogP contribution in [0.15, 0.2) is 59.5 Å². The van der Waals surface area contributed by atoms with Gasteiger partial charge in [-0.15, -0.1) is 0 Å². The quantitative estimate of drug-likeness (QED) is 0.765. The van der Waals surface area contributed by atoms with Crippen LogP contribution in [0.5, 0.6) is 0 Å². The molecule has 2 aromatic carbocycles. The van der Waals surface area contributed by atoms with Crippen LogP contribution in [0.2, 0.25) is 0 Å². The summed E-state index contributed by atoms with van der Waals surface area (Å²) in [5, 5.41) is 6.23. The highest BCUT2D eigenvalue weighted by Gasteiger charge is 2.16. The van der Waals surface area contributed by atoms with E-state index >= 15 is 0 Å². The fourth-order valence-corrected chi connectivity index (χ4v) is 4.76. The zero-order valence-electron chi connectivity index (χ0n) is 15.4. The molecule has 0 atom stereocenters. The van der Waals surface area contributed by atoms with Gasteiger partial charge in [-0.05, 0) is 68.1 Å². The van der Waals surface area contributed by atoms with Crippen LogP contribution in [0.25, 0.3) is 0 Å². The minimum atomic E-state index is -3.40. The molecule has 0 saturated carbocycles. The lowest BCUT2D eigenvalue weighted by Crippen LogP contribution is -2.28. The highest BCUT2D eigenvalue weighted by atomic mass is 32.2. The number of carbonyl (C=O) groups is 1. The largest absolute Gasteiger partial charge is 0.326 e. The molecule has 5 nitrogen and oxygen atoms in total. The van der Waals surface area contributed by atoms with Gasteiger partial charge in [0.1, 0.15) is 0 Å². The Balaban J connectivity index is 1.57. The van der Waals surface area contributed by atoms with Crippen LogP contribution in [-0.4, -0.2) is 27.4 Å². The first kappa shape index (κ1) is 19.6. The molecule has 1 aliphatic heterocycles. The second-order valence-corrected chi connectivity index (χ2v) is 9.04. The summed E-state index contributed by atoms with van der Waals surface area (Å²) < 4.78 is 25.0. The van der Waals surface area contributed by atoms with E-state index in [0.29, 0.717) is 28.5 Å². The van der Waals surface area contributed by atoms with Crippen molar-refractivity contribution in [2.24, 2.45) is 5.92 Å². The second-order valence-electron chi connectivity index (χ2n) is 7.05. The van der Waals surface area contributed by atoms with E-state index in [1.807, 2.05) is 0 Å². The van der Waals surface area contributed by atoms with Crippen LogP contribution < -0.4 is 10.6 Å². The van der Waals surface area contributed by atoms with Crippen LogP contribution >= 0.6 is 0 Å². The summed E-state index contributed by atoms with van der Waals surface area (Å²) in [6.07, 6.45) is 3.65. The lowest BCUT2D eigenvalue weighted by Gasteiger charge is -2.22. The molecule has 1 aliphatic rings. The number of benzene rings is 2. The summed E-state index contributed by atoms with van der Waals surface area (Å²) in [4.78, 5) is 12.5. The molecule has 0 bridgehead atoms. The Morgan fingerprint density at radius 1 is 1.04 bits per heavy atom. The minimum Gasteiger partial charge on any atom is -0.326 e. The highest BCUT2D eigenvalue weighted by molar-refractivity contribution is 7.90. The molecule has 2 aromatic rings. The predicted molar refractivity (Wildman–Crippen MR) is 107 cm³/mol. The number of hydrogen-bond acceptors (Lipinski definition) is 4. The van der Waals surface area contributed by atoms with Gasteiger partial charge in [0, 0.05) is 12.1 Å². The van der Waals surface area contributed by atoms with E-state index in [-0.39, 0.29) is 11.7 Å². The topological polar surface area (TPSA) is 75.3 Å². The Hall–Kier alpha value is -2.18. The summed E-state index contributed by atoms with van der Waals surface area (Å²) >= 11 is 0. The van der Waals surface area contributed by atoms with Gasteiger partial charge in [-0.25, -0.2) is 8.42 Å². The summed E-state index contributed by atoms with van der Waals surface area (Å²) in [5.41, 5.74) is 1.31. The summed E-state index contributed by atoms with van der Waals surface area (Å²) in [6.45, 7) is 2.06. The Labute approximate surface area is 161 Å². The Morgan fingerprint density at radius 3 is 2.52 bits per heavy atom. The fourth-order valence-electron chi connectivity index (χ4n) is 3.40. The Morgan fingerprint density at radius 2 is 1.78 bits per heavy atom. The molecule has 0 unspecified atom stereocenters. The van der Waals surface area contributed by atoms with Crippen LogP contribution in [-0.2, 0) is 20.4 Å². The first-order valence-corrected chi connectivity index (χ1v) is 11.1. The molecule has 0 aliphatic carbocycles. The summed E-state index contributed by atoms with van der Waals surface area (Å²) in [7, 11) is -3.40. The fraction of sp³-hybridized carbons (Fsp3) is 0.381. The van der Waals surface area contributed by atoms with Gasteiger partial charge in [-0.2, -0.15) is 0 Å². The number of amides is 1. The number of piperidine rings is 1. The molecule has 0 spiro atoms. The van der Waals surface area contributed by atoms with Crippen molar-refractivity contribution >= 4 is 21.4 Å². The zero-order valence-corrected chi connectivity index (χ0v) is 16.2. The van der Waals surface area contributed by atoms with Crippen molar-refractivity contribution in [3.05, 3.63) is 60.2 Å². The number of carbonyl (C=O) groups excluding carboxylic acids is 1. The normalized spacial score (nSPS) is 15.4. The predicted octanol–water partition coefficient (Wildman–Crippen LogP) is 3.38. The van der Waals surface area contributed by atoms with Crippen molar-refractivity contribution in [1.82, 2.24) is 5.32 Å². The molecule has 1 amide bonds. The maximum atomic E-state index is 12.5. The molecule has 144 valence electrons. The number of anilines is 1. The van der Waals surface area contributed by atoms with E-state index in [4.69, 9.17) is 0 Å². The van der Waals surface area contributed by atoms with E-state index < -0.39 is 9.84 Å². The number of rotatable bonds is 7. The van der Waals surface area contributed by atoms with Crippen LogP contribution in [0.4, 0.5) is 5.69 Å². The SMILES string of the molecule is O=C(CCC1CCNCC1)Nc1cccc(CS(=O)(=O)c2ccccc2)c1. The van der Waals surface area contributed by atoms with Crippen molar-refractivity contribution in [3.8, 4) is 0 Å². The first-order chi connectivity index (χ1) is 13.0. The Kier molecular flexibility index (Phi) is 6.63.